The molecule has 1 aromatic rings. The third-order valence-corrected chi connectivity index (χ3v) is 3.38. The van der Waals surface area contributed by atoms with Crippen molar-refractivity contribution >= 4 is 11.3 Å². The standard InChI is InChI=1S/C10H16N2OS/c1-7(2)5-12-4-3-8-9(6-12)14-10(13)11-8/h7H,3-6H2,1-2H3,(H,11,13). The maximum absolute atomic E-state index is 11.1. The molecule has 0 atom stereocenters. The molecule has 4 heteroatoms. The Morgan fingerprint density at radius 3 is 3.07 bits per heavy atom. The van der Waals surface area contributed by atoms with E-state index >= 15 is 0 Å². The van der Waals surface area contributed by atoms with Crippen LogP contribution in [0.2, 0.25) is 0 Å². The maximum atomic E-state index is 11.1. The lowest BCUT2D eigenvalue weighted by Gasteiger charge is -2.27. The molecule has 0 bridgehead atoms. The summed E-state index contributed by atoms with van der Waals surface area (Å²) < 4.78 is 0. The molecule has 0 saturated heterocycles. The molecule has 0 saturated carbocycles. The summed E-state index contributed by atoms with van der Waals surface area (Å²) in [4.78, 5) is 17.8. The van der Waals surface area contributed by atoms with E-state index in [1.54, 1.807) is 0 Å². The van der Waals surface area contributed by atoms with Crippen molar-refractivity contribution in [3.63, 3.8) is 0 Å². The Bertz CT molecular complexity index is 366. The lowest BCUT2D eigenvalue weighted by Crippen LogP contribution is -2.32. The summed E-state index contributed by atoms with van der Waals surface area (Å²) in [5.74, 6) is 0.701. The van der Waals surface area contributed by atoms with Crippen LogP contribution in [0.3, 0.4) is 0 Å². The van der Waals surface area contributed by atoms with Gasteiger partial charge in [-0.1, -0.05) is 25.2 Å². The first kappa shape index (κ1) is 9.93. The Balaban J connectivity index is 2.09. The van der Waals surface area contributed by atoms with E-state index in [9.17, 15) is 4.79 Å². The molecule has 0 radical (unpaired) electrons. The molecule has 1 aliphatic rings. The topological polar surface area (TPSA) is 36.1 Å². The molecule has 0 aromatic carbocycles. The predicted molar refractivity (Wildman–Crippen MR) is 58.8 cm³/mol. The largest absolute Gasteiger partial charge is 0.316 e. The summed E-state index contributed by atoms with van der Waals surface area (Å²) >= 11 is 1.37. The van der Waals surface area contributed by atoms with Crippen LogP contribution in [-0.2, 0) is 13.0 Å². The summed E-state index contributed by atoms with van der Waals surface area (Å²) in [6.45, 7) is 7.63. The zero-order chi connectivity index (χ0) is 10.1. The van der Waals surface area contributed by atoms with Gasteiger partial charge in [0.1, 0.15) is 0 Å². The van der Waals surface area contributed by atoms with Crippen molar-refractivity contribution in [2.45, 2.75) is 26.8 Å². The van der Waals surface area contributed by atoms with E-state index in [-0.39, 0.29) is 4.87 Å². The number of thiazole rings is 1. The van der Waals surface area contributed by atoms with E-state index in [0.717, 1.165) is 26.1 Å². The molecule has 0 unspecified atom stereocenters. The van der Waals surface area contributed by atoms with Crippen molar-refractivity contribution in [2.75, 3.05) is 13.1 Å². The Morgan fingerprint density at radius 2 is 2.36 bits per heavy atom. The number of hydrogen-bond donors (Lipinski definition) is 1. The van der Waals surface area contributed by atoms with Crippen molar-refractivity contribution in [1.29, 1.82) is 0 Å². The van der Waals surface area contributed by atoms with Gasteiger partial charge in [0.05, 0.1) is 0 Å². The van der Waals surface area contributed by atoms with Crippen LogP contribution in [0, 0.1) is 5.92 Å². The average Bonchev–Trinajstić information content (AvgIpc) is 2.42. The highest BCUT2D eigenvalue weighted by Crippen LogP contribution is 2.19. The number of nitrogens with one attached hydrogen (secondary N) is 1. The molecule has 0 amide bonds. The van der Waals surface area contributed by atoms with Gasteiger partial charge < -0.3 is 4.98 Å². The molecule has 1 aliphatic heterocycles. The monoisotopic (exact) mass is 212 g/mol. The van der Waals surface area contributed by atoms with Gasteiger partial charge in [0, 0.05) is 36.6 Å². The molecule has 0 aliphatic carbocycles. The zero-order valence-electron chi connectivity index (χ0n) is 8.67. The maximum Gasteiger partial charge on any atom is 0.304 e. The van der Waals surface area contributed by atoms with Crippen LogP contribution in [-0.4, -0.2) is 23.0 Å². The van der Waals surface area contributed by atoms with Crippen molar-refractivity contribution in [1.82, 2.24) is 9.88 Å². The van der Waals surface area contributed by atoms with E-state index in [1.165, 1.54) is 21.9 Å². The summed E-state index contributed by atoms with van der Waals surface area (Å²) in [6.07, 6.45) is 1.00. The molecule has 1 N–H and O–H groups in total. The molecule has 3 nitrogen and oxygen atoms in total. The highest BCUT2D eigenvalue weighted by atomic mass is 32.1. The third-order valence-electron chi connectivity index (χ3n) is 2.47. The second-order valence-corrected chi connectivity index (χ2v) is 5.36. The van der Waals surface area contributed by atoms with E-state index in [1.807, 2.05) is 0 Å². The van der Waals surface area contributed by atoms with Crippen molar-refractivity contribution in [2.24, 2.45) is 5.92 Å². The first-order chi connectivity index (χ1) is 6.65. The minimum absolute atomic E-state index is 0.0985. The van der Waals surface area contributed by atoms with Crippen LogP contribution in [0.15, 0.2) is 4.79 Å². The van der Waals surface area contributed by atoms with Gasteiger partial charge in [-0.2, -0.15) is 0 Å². The fourth-order valence-electron chi connectivity index (χ4n) is 1.95. The minimum Gasteiger partial charge on any atom is -0.316 e. The highest BCUT2D eigenvalue weighted by Gasteiger charge is 2.19. The zero-order valence-corrected chi connectivity index (χ0v) is 9.49. The molecule has 14 heavy (non-hydrogen) atoms. The number of aromatic amines is 1. The molecular weight excluding hydrogens is 196 g/mol. The van der Waals surface area contributed by atoms with Gasteiger partial charge >= 0.3 is 4.87 Å². The molecule has 2 heterocycles. The van der Waals surface area contributed by atoms with E-state index in [4.69, 9.17) is 0 Å². The molecule has 78 valence electrons. The van der Waals surface area contributed by atoms with Gasteiger partial charge in [-0.05, 0) is 5.92 Å². The first-order valence-electron chi connectivity index (χ1n) is 5.08. The van der Waals surface area contributed by atoms with Crippen molar-refractivity contribution in [3.8, 4) is 0 Å². The lowest BCUT2D eigenvalue weighted by molar-refractivity contribution is 0.228. The lowest BCUT2D eigenvalue weighted by atomic mass is 10.1. The van der Waals surface area contributed by atoms with Gasteiger partial charge in [0.15, 0.2) is 0 Å². The second-order valence-electron chi connectivity index (χ2n) is 4.30. The van der Waals surface area contributed by atoms with Gasteiger partial charge in [-0.3, -0.25) is 9.69 Å². The number of rotatable bonds is 2. The Kier molecular flexibility index (Phi) is 2.74. The molecular formula is C10H16N2OS. The van der Waals surface area contributed by atoms with Crippen LogP contribution >= 0.6 is 11.3 Å². The number of H-pyrrole nitrogens is 1. The van der Waals surface area contributed by atoms with Gasteiger partial charge in [0.2, 0.25) is 0 Å². The van der Waals surface area contributed by atoms with Crippen LogP contribution < -0.4 is 4.87 Å². The fraction of sp³-hybridized carbons (Fsp3) is 0.700. The summed E-state index contributed by atoms with van der Waals surface area (Å²) in [5, 5.41) is 0. The van der Waals surface area contributed by atoms with Gasteiger partial charge in [-0.15, -0.1) is 0 Å². The van der Waals surface area contributed by atoms with Gasteiger partial charge in [-0.25, -0.2) is 0 Å². The van der Waals surface area contributed by atoms with Crippen molar-refractivity contribution in [3.05, 3.63) is 20.2 Å². The first-order valence-corrected chi connectivity index (χ1v) is 5.90. The SMILES string of the molecule is CC(C)CN1CCc2[nH]c(=O)sc2C1. The fourth-order valence-corrected chi connectivity index (χ4v) is 2.87. The summed E-state index contributed by atoms with van der Waals surface area (Å²) in [6, 6.07) is 0. The average molecular weight is 212 g/mol. The van der Waals surface area contributed by atoms with Crippen LogP contribution in [0.1, 0.15) is 24.4 Å². The molecule has 0 fully saturated rings. The Hall–Kier alpha value is -0.610. The molecule has 2 rings (SSSR count). The smallest absolute Gasteiger partial charge is 0.304 e. The second kappa shape index (κ2) is 3.87. The predicted octanol–water partition coefficient (Wildman–Crippen LogP) is 1.45. The molecule has 1 aromatic heterocycles. The van der Waals surface area contributed by atoms with Crippen molar-refractivity contribution < 1.29 is 0 Å². The summed E-state index contributed by atoms with van der Waals surface area (Å²) in [5.41, 5.74) is 1.17. The van der Waals surface area contributed by atoms with Crippen LogP contribution in [0.5, 0.6) is 0 Å². The van der Waals surface area contributed by atoms with E-state index < -0.39 is 0 Å². The van der Waals surface area contributed by atoms with E-state index in [0.29, 0.717) is 5.92 Å². The summed E-state index contributed by atoms with van der Waals surface area (Å²) in [7, 11) is 0. The highest BCUT2D eigenvalue weighted by molar-refractivity contribution is 7.09. The third kappa shape index (κ3) is 2.07. The van der Waals surface area contributed by atoms with Gasteiger partial charge in [0.25, 0.3) is 0 Å². The van der Waals surface area contributed by atoms with E-state index in [2.05, 4.69) is 23.7 Å². The van der Waals surface area contributed by atoms with Crippen LogP contribution in [0.4, 0.5) is 0 Å². The Morgan fingerprint density at radius 1 is 1.57 bits per heavy atom. The number of nitrogens with zero attached hydrogens (tertiary/aromatic N) is 1. The van der Waals surface area contributed by atoms with Crippen LogP contribution in [0.25, 0.3) is 0 Å². The number of aromatic nitrogens is 1. The molecule has 0 spiro atoms. The number of hydrogen-bond acceptors (Lipinski definition) is 3. The Labute approximate surface area is 87.8 Å². The minimum atomic E-state index is 0.0985. The number of fused-ring (bicyclic) bond motifs is 1. The quantitative estimate of drug-likeness (QED) is 0.805. The normalized spacial score (nSPS) is 17.4.